The molecule has 2 aromatic carbocycles. The largest absolute Gasteiger partial charge is 0.497 e. The van der Waals surface area contributed by atoms with E-state index in [0.29, 0.717) is 5.02 Å². The number of fused-ring (bicyclic) bond motifs is 2. The standard InChI is InChI=1S/C14H10ClNO/c1-17-10-7-12(15)11-6-9-4-2-3-5-13(9)16-14(11)8-10/h2-8H,1H3. The number of benzene rings is 2. The van der Waals surface area contributed by atoms with Gasteiger partial charge in [-0.05, 0) is 18.2 Å². The summed E-state index contributed by atoms with van der Waals surface area (Å²) in [5, 5.41) is 2.70. The number of nitrogens with zero attached hydrogens (tertiary/aromatic N) is 1. The highest BCUT2D eigenvalue weighted by molar-refractivity contribution is 6.35. The Morgan fingerprint density at radius 3 is 2.71 bits per heavy atom. The number of aromatic nitrogens is 1. The number of para-hydroxylation sites is 1. The van der Waals surface area contributed by atoms with Crippen LogP contribution in [0.1, 0.15) is 0 Å². The van der Waals surface area contributed by atoms with E-state index >= 15 is 0 Å². The number of pyridine rings is 1. The van der Waals surface area contributed by atoms with Crippen LogP contribution in [0.4, 0.5) is 0 Å². The van der Waals surface area contributed by atoms with E-state index in [4.69, 9.17) is 16.3 Å². The van der Waals surface area contributed by atoms with Gasteiger partial charge in [-0.2, -0.15) is 0 Å². The van der Waals surface area contributed by atoms with Crippen LogP contribution in [0, 0.1) is 0 Å². The number of hydrogen-bond donors (Lipinski definition) is 0. The molecule has 0 amide bonds. The van der Waals surface area contributed by atoms with Gasteiger partial charge in [-0.15, -0.1) is 0 Å². The van der Waals surface area contributed by atoms with Gasteiger partial charge in [0.05, 0.1) is 23.2 Å². The van der Waals surface area contributed by atoms with Gasteiger partial charge in [-0.25, -0.2) is 4.98 Å². The third-order valence-corrected chi connectivity index (χ3v) is 3.11. The molecule has 0 aliphatic rings. The van der Waals surface area contributed by atoms with Gasteiger partial charge in [0.1, 0.15) is 5.75 Å². The van der Waals surface area contributed by atoms with Crippen molar-refractivity contribution in [3.8, 4) is 5.75 Å². The quantitative estimate of drug-likeness (QED) is 0.602. The number of ether oxygens (including phenoxy) is 1. The first-order valence-electron chi connectivity index (χ1n) is 5.31. The molecule has 0 bridgehead atoms. The number of halogens is 1. The van der Waals surface area contributed by atoms with Gasteiger partial charge in [0, 0.05) is 16.8 Å². The second-order valence-electron chi connectivity index (χ2n) is 3.86. The summed E-state index contributed by atoms with van der Waals surface area (Å²) < 4.78 is 5.19. The third-order valence-electron chi connectivity index (χ3n) is 2.79. The van der Waals surface area contributed by atoms with Crippen molar-refractivity contribution in [1.82, 2.24) is 4.98 Å². The third kappa shape index (κ3) is 1.71. The van der Waals surface area contributed by atoms with E-state index in [2.05, 4.69) is 11.1 Å². The van der Waals surface area contributed by atoms with Crippen molar-refractivity contribution in [3.63, 3.8) is 0 Å². The summed E-state index contributed by atoms with van der Waals surface area (Å²) in [6.45, 7) is 0. The van der Waals surface area contributed by atoms with E-state index in [1.807, 2.05) is 30.3 Å². The van der Waals surface area contributed by atoms with Crippen LogP contribution in [0.2, 0.25) is 5.02 Å². The summed E-state index contributed by atoms with van der Waals surface area (Å²) >= 11 is 6.22. The fourth-order valence-corrected chi connectivity index (χ4v) is 2.19. The Balaban J connectivity index is 2.43. The predicted molar refractivity (Wildman–Crippen MR) is 70.8 cm³/mol. The average Bonchev–Trinajstić information content (AvgIpc) is 2.36. The first-order chi connectivity index (χ1) is 8.28. The molecule has 0 aliphatic carbocycles. The van der Waals surface area contributed by atoms with Crippen LogP contribution in [-0.4, -0.2) is 12.1 Å². The minimum atomic E-state index is 0.664. The van der Waals surface area contributed by atoms with Gasteiger partial charge in [-0.3, -0.25) is 0 Å². The lowest BCUT2D eigenvalue weighted by atomic mass is 10.1. The first-order valence-corrected chi connectivity index (χ1v) is 5.69. The number of methoxy groups -OCH3 is 1. The van der Waals surface area contributed by atoms with Gasteiger partial charge < -0.3 is 4.74 Å². The van der Waals surface area contributed by atoms with Gasteiger partial charge in [-0.1, -0.05) is 29.8 Å². The zero-order valence-electron chi connectivity index (χ0n) is 9.27. The number of hydrogen-bond acceptors (Lipinski definition) is 2. The highest BCUT2D eigenvalue weighted by Crippen LogP contribution is 2.30. The van der Waals surface area contributed by atoms with Crippen LogP contribution < -0.4 is 4.74 Å². The lowest BCUT2D eigenvalue weighted by molar-refractivity contribution is 0.415. The summed E-state index contributed by atoms with van der Waals surface area (Å²) in [6.07, 6.45) is 0. The van der Waals surface area contributed by atoms with Crippen molar-refractivity contribution < 1.29 is 4.74 Å². The molecule has 0 atom stereocenters. The van der Waals surface area contributed by atoms with Crippen LogP contribution >= 0.6 is 11.6 Å². The lowest BCUT2D eigenvalue weighted by Gasteiger charge is -2.06. The zero-order valence-corrected chi connectivity index (χ0v) is 10.0. The lowest BCUT2D eigenvalue weighted by Crippen LogP contribution is -1.87. The van der Waals surface area contributed by atoms with E-state index in [1.165, 1.54) is 0 Å². The molecule has 0 saturated carbocycles. The molecule has 3 heteroatoms. The van der Waals surface area contributed by atoms with Crippen LogP contribution in [0.15, 0.2) is 42.5 Å². The normalized spacial score (nSPS) is 10.9. The van der Waals surface area contributed by atoms with Gasteiger partial charge in [0.15, 0.2) is 0 Å². The van der Waals surface area contributed by atoms with Crippen LogP contribution in [0.5, 0.6) is 5.75 Å². The minimum Gasteiger partial charge on any atom is -0.497 e. The molecule has 17 heavy (non-hydrogen) atoms. The topological polar surface area (TPSA) is 22.1 Å². The molecule has 0 aliphatic heterocycles. The molecule has 0 spiro atoms. The highest BCUT2D eigenvalue weighted by Gasteiger charge is 2.05. The Hall–Kier alpha value is -1.80. The molecule has 0 fully saturated rings. The SMILES string of the molecule is COc1cc(Cl)c2cc3ccccc3nc2c1. The molecular weight excluding hydrogens is 234 g/mol. The van der Waals surface area contributed by atoms with Crippen molar-refractivity contribution in [3.05, 3.63) is 47.5 Å². The summed E-state index contributed by atoms with van der Waals surface area (Å²) in [7, 11) is 1.62. The van der Waals surface area contributed by atoms with E-state index in [1.54, 1.807) is 13.2 Å². The van der Waals surface area contributed by atoms with Crippen molar-refractivity contribution in [1.29, 1.82) is 0 Å². The number of rotatable bonds is 1. The molecule has 1 aromatic heterocycles. The average molecular weight is 244 g/mol. The minimum absolute atomic E-state index is 0.664. The summed E-state index contributed by atoms with van der Waals surface area (Å²) in [4.78, 5) is 4.58. The van der Waals surface area contributed by atoms with Crippen LogP contribution in [0.25, 0.3) is 21.8 Å². The first kappa shape index (κ1) is 10.4. The Morgan fingerprint density at radius 1 is 1.06 bits per heavy atom. The zero-order chi connectivity index (χ0) is 11.8. The van der Waals surface area contributed by atoms with E-state index in [0.717, 1.165) is 27.6 Å². The maximum Gasteiger partial charge on any atom is 0.122 e. The molecule has 0 saturated heterocycles. The van der Waals surface area contributed by atoms with Gasteiger partial charge in [0.2, 0.25) is 0 Å². The monoisotopic (exact) mass is 243 g/mol. The molecule has 3 rings (SSSR count). The molecule has 84 valence electrons. The Bertz CT molecular complexity index is 709. The second kappa shape index (κ2) is 3.90. The second-order valence-corrected chi connectivity index (χ2v) is 4.26. The van der Waals surface area contributed by atoms with E-state index < -0.39 is 0 Å². The van der Waals surface area contributed by atoms with Crippen molar-refractivity contribution >= 4 is 33.4 Å². The Labute approximate surface area is 104 Å². The van der Waals surface area contributed by atoms with E-state index in [-0.39, 0.29) is 0 Å². The summed E-state index contributed by atoms with van der Waals surface area (Å²) in [5.41, 5.74) is 1.82. The van der Waals surface area contributed by atoms with E-state index in [9.17, 15) is 0 Å². The van der Waals surface area contributed by atoms with Crippen molar-refractivity contribution in [2.24, 2.45) is 0 Å². The fraction of sp³-hybridized carbons (Fsp3) is 0.0714. The van der Waals surface area contributed by atoms with Gasteiger partial charge >= 0.3 is 0 Å². The van der Waals surface area contributed by atoms with Crippen LogP contribution in [-0.2, 0) is 0 Å². The Morgan fingerprint density at radius 2 is 1.88 bits per heavy atom. The molecule has 0 unspecified atom stereocenters. The van der Waals surface area contributed by atoms with Crippen LogP contribution in [0.3, 0.4) is 0 Å². The van der Waals surface area contributed by atoms with Crippen molar-refractivity contribution in [2.75, 3.05) is 7.11 Å². The van der Waals surface area contributed by atoms with Gasteiger partial charge in [0.25, 0.3) is 0 Å². The predicted octanol–water partition coefficient (Wildman–Crippen LogP) is 4.05. The molecular formula is C14H10ClNO. The van der Waals surface area contributed by atoms with Crippen molar-refractivity contribution in [2.45, 2.75) is 0 Å². The Kier molecular flexibility index (Phi) is 2.37. The molecule has 3 aromatic rings. The maximum atomic E-state index is 6.22. The smallest absolute Gasteiger partial charge is 0.122 e. The molecule has 2 nitrogen and oxygen atoms in total. The maximum absolute atomic E-state index is 6.22. The molecule has 0 N–H and O–H groups in total. The highest BCUT2D eigenvalue weighted by atomic mass is 35.5. The summed E-state index contributed by atoms with van der Waals surface area (Å²) in [5.74, 6) is 0.727. The summed E-state index contributed by atoms with van der Waals surface area (Å²) in [6, 6.07) is 13.7. The molecule has 1 heterocycles. The molecule has 0 radical (unpaired) electrons. The fourth-order valence-electron chi connectivity index (χ4n) is 1.93.